The van der Waals surface area contributed by atoms with Gasteiger partial charge in [0.15, 0.2) is 0 Å². The van der Waals surface area contributed by atoms with Crippen LogP contribution in [0.4, 0.5) is 11.4 Å². The van der Waals surface area contributed by atoms with Crippen LogP contribution in [0.3, 0.4) is 0 Å². The second-order valence-electron chi connectivity index (χ2n) is 4.92. The smallest absolute Gasteiger partial charge is 0.296 e. The van der Waals surface area contributed by atoms with Crippen LogP contribution < -0.4 is 15.2 Å². The van der Waals surface area contributed by atoms with Gasteiger partial charge in [0.2, 0.25) is 5.91 Å². The Labute approximate surface area is 113 Å². The summed E-state index contributed by atoms with van der Waals surface area (Å²) in [6, 6.07) is 6.36. The van der Waals surface area contributed by atoms with E-state index < -0.39 is 15.6 Å². The van der Waals surface area contributed by atoms with Gasteiger partial charge in [0.1, 0.15) is 0 Å². The predicted octanol–water partition coefficient (Wildman–Crippen LogP) is 1.68. The monoisotopic (exact) mass is 285 g/mol. The molecule has 106 valence electrons. The number of hydrogen-bond donors (Lipinski definition) is 3. The van der Waals surface area contributed by atoms with Crippen LogP contribution in [0.2, 0.25) is 0 Å². The van der Waals surface area contributed by atoms with Crippen molar-refractivity contribution in [3.63, 3.8) is 0 Å². The molecule has 0 radical (unpaired) electrons. The van der Waals surface area contributed by atoms with Crippen LogP contribution in [-0.2, 0) is 15.0 Å². The molecule has 6 nitrogen and oxygen atoms in total. The lowest BCUT2D eigenvalue weighted by molar-refractivity contribution is -0.124. The van der Waals surface area contributed by atoms with Crippen molar-refractivity contribution in [2.75, 3.05) is 10.0 Å². The fourth-order valence-electron chi connectivity index (χ4n) is 1.29. The van der Waals surface area contributed by atoms with Crippen molar-refractivity contribution in [3.05, 3.63) is 24.3 Å². The molecule has 0 aromatic heterocycles. The van der Waals surface area contributed by atoms with Gasteiger partial charge in [-0.3, -0.25) is 9.52 Å². The number of nitrogens with two attached hydrogens (primary N) is 1. The first kappa shape index (κ1) is 15.5. The van der Waals surface area contributed by atoms with Gasteiger partial charge < -0.3 is 5.32 Å². The topological polar surface area (TPSA) is 101 Å². The average Bonchev–Trinajstić information content (AvgIpc) is 2.27. The second-order valence-corrected chi connectivity index (χ2v) is 6.21. The van der Waals surface area contributed by atoms with Gasteiger partial charge in [-0.05, 0) is 24.6 Å². The highest BCUT2D eigenvalue weighted by Crippen LogP contribution is 2.23. The van der Waals surface area contributed by atoms with Crippen molar-refractivity contribution in [2.24, 2.45) is 10.6 Å². The van der Waals surface area contributed by atoms with E-state index in [1.807, 2.05) is 20.8 Å². The van der Waals surface area contributed by atoms with E-state index in [1.54, 1.807) is 18.2 Å². The highest BCUT2D eigenvalue weighted by atomic mass is 32.2. The number of hydrogen-bond acceptors (Lipinski definition) is 3. The Morgan fingerprint density at radius 3 is 2.42 bits per heavy atom. The Morgan fingerprint density at radius 2 is 1.89 bits per heavy atom. The van der Waals surface area contributed by atoms with Crippen molar-refractivity contribution >= 4 is 27.5 Å². The van der Waals surface area contributed by atoms with Gasteiger partial charge in [-0.1, -0.05) is 26.8 Å². The van der Waals surface area contributed by atoms with E-state index in [-0.39, 0.29) is 5.91 Å². The molecular weight excluding hydrogens is 266 g/mol. The van der Waals surface area contributed by atoms with E-state index >= 15 is 0 Å². The average molecular weight is 285 g/mol. The van der Waals surface area contributed by atoms with Gasteiger partial charge in [0, 0.05) is 11.1 Å². The van der Waals surface area contributed by atoms with E-state index in [9.17, 15) is 13.2 Å². The highest BCUT2D eigenvalue weighted by Gasteiger charge is 2.25. The molecular formula is C12H19N3O3S. The van der Waals surface area contributed by atoms with E-state index in [4.69, 9.17) is 5.14 Å². The van der Waals surface area contributed by atoms with Crippen LogP contribution >= 0.6 is 0 Å². The first-order valence-electron chi connectivity index (χ1n) is 5.86. The molecule has 0 unspecified atom stereocenters. The lowest BCUT2D eigenvalue weighted by Gasteiger charge is -2.21. The van der Waals surface area contributed by atoms with Crippen LogP contribution in [0.25, 0.3) is 0 Å². The molecule has 1 aromatic carbocycles. The molecule has 0 aliphatic rings. The SMILES string of the molecule is CCC(C)(C)C(=O)Nc1cccc(NS(N)(=O)=O)c1. The zero-order chi connectivity index (χ0) is 14.7. The summed E-state index contributed by atoms with van der Waals surface area (Å²) in [5, 5.41) is 7.63. The van der Waals surface area contributed by atoms with Gasteiger partial charge in [0.25, 0.3) is 10.2 Å². The zero-order valence-electron chi connectivity index (χ0n) is 11.2. The summed E-state index contributed by atoms with van der Waals surface area (Å²) in [7, 11) is -3.82. The van der Waals surface area contributed by atoms with Crippen molar-refractivity contribution in [1.29, 1.82) is 0 Å². The third kappa shape index (κ3) is 4.88. The normalized spacial score (nSPS) is 12.0. The largest absolute Gasteiger partial charge is 0.326 e. The van der Waals surface area contributed by atoms with E-state index in [0.29, 0.717) is 17.8 Å². The third-order valence-electron chi connectivity index (χ3n) is 2.88. The highest BCUT2D eigenvalue weighted by molar-refractivity contribution is 7.90. The number of amides is 1. The molecule has 7 heteroatoms. The number of anilines is 2. The standard InChI is InChI=1S/C12H19N3O3S/c1-4-12(2,3)11(16)14-9-6-5-7-10(8-9)15-19(13,17)18/h5-8,15H,4H2,1-3H3,(H,14,16)(H2,13,17,18). The maximum atomic E-state index is 12.0. The minimum atomic E-state index is -3.82. The summed E-state index contributed by atoms with van der Waals surface area (Å²) < 4.78 is 24.0. The Bertz CT molecular complexity index is 567. The molecule has 0 aliphatic carbocycles. The van der Waals surface area contributed by atoms with Crippen LogP contribution in [0.5, 0.6) is 0 Å². The first-order chi connectivity index (χ1) is 8.64. The fourth-order valence-corrected chi connectivity index (χ4v) is 1.74. The maximum absolute atomic E-state index is 12.0. The van der Waals surface area contributed by atoms with Gasteiger partial charge >= 0.3 is 0 Å². The van der Waals surface area contributed by atoms with Crippen molar-refractivity contribution < 1.29 is 13.2 Å². The Morgan fingerprint density at radius 1 is 1.32 bits per heavy atom. The molecule has 0 fully saturated rings. The zero-order valence-corrected chi connectivity index (χ0v) is 12.0. The maximum Gasteiger partial charge on any atom is 0.296 e. The molecule has 4 N–H and O–H groups in total. The summed E-state index contributed by atoms with van der Waals surface area (Å²) in [6.45, 7) is 5.61. The van der Waals surface area contributed by atoms with Crippen molar-refractivity contribution in [3.8, 4) is 0 Å². The molecule has 19 heavy (non-hydrogen) atoms. The van der Waals surface area contributed by atoms with Crippen molar-refractivity contribution in [1.82, 2.24) is 0 Å². The third-order valence-corrected chi connectivity index (χ3v) is 3.40. The predicted molar refractivity (Wildman–Crippen MR) is 75.9 cm³/mol. The molecule has 0 saturated carbocycles. The van der Waals surface area contributed by atoms with Crippen LogP contribution in [0.1, 0.15) is 27.2 Å². The van der Waals surface area contributed by atoms with Gasteiger partial charge in [-0.25, -0.2) is 5.14 Å². The molecule has 0 heterocycles. The molecule has 0 bridgehead atoms. The summed E-state index contributed by atoms with van der Waals surface area (Å²) in [5.41, 5.74) is 0.332. The van der Waals surface area contributed by atoms with E-state index in [2.05, 4.69) is 10.0 Å². The molecule has 0 saturated heterocycles. The fraction of sp³-hybridized carbons (Fsp3) is 0.417. The van der Waals surface area contributed by atoms with Crippen molar-refractivity contribution in [2.45, 2.75) is 27.2 Å². The van der Waals surface area contributed by atoms with Crippen LogP contribution in [0, 0.1) is 5.41 Å². The van der Waals surface area contributed by atoms with Gasteiger partial charge in [0.05, 0.1) is 5.69 Å². The van der Waals surface area contributed by atoms with Crippen LogP contribution in [0.15, 0.2) is 24.3 Å². The number of nitrogens with one attached hydrogen (secondary N) is 2. The number of carbonyl (C=O) groups excluding carboxylic acids is 1. The summed E-state index contributed by atoms with van der Waals surface area (Å²) >= 11 is 0. The van der Waals surface area contributed by atoms with E-state index in [1.165, 1.54) is 6.07 Å². The summed E-state index contributed by atoms with van der Waals surface area (Å²) in [4.78, 5) is 12.0. The second kappa shape index (κ2) is 5.58. The first-order valence-corrected chi connectivity index (χ1v) is 7.41. The summed E-state index contributed by atoms with van der Waals surface area (Å²) in [5.74, 6) is -0.122. The van der Waals surface area contributed by atoms with Gasteiger partial charge in [-0.2, -0.15) is 8.42 Å². The molecule has 0 aliphatic heterocycles. The van der Waals surface area contributed by atoms with E-state index in [0.717, 1.165) is 0 Å². The molecule has 0 spiro atoms. The Hall–Kier alpha value is -1.60. The molecule has 1 amide bonds. The van der Waals surface area contributed by atoms with Gasteiger partial charge in [-0.15, -0.1) is 0 Å². The minimum absolute atomic E-state index is 0.122. The lowest BCUT2D eigenvalue weighted by atomic mass is 9.89. The lowest BCUT2D eigenvalue weighted by Crippen LogP contribution is -2.30. The molecule has 1 rings (SSSR count). The molecule has 0 atom stereocenters. The summed E-state index contributed by atoms with van der Waals surface area (Å²) in [6.07, 6.45) is 0.702. The Kier molecular flexibility index (Phi) is 4.54. The quantitative estimate of drug-likeness (QED) is 0.767. The number of rotatable bonds is 5. The molecule has 1 aromatic rings. The number of benzene rings is 1. The van der Waals surface area contributed by atoms with Crippen LogP contribution in [-0.4, -0.2) is 14.3 Å². The number of carbonyl (C=O) groups is 1. The minimum Gasteiger partial charge on any atom is -0.326 e. The Balaban J connectivity index is 2.87.